The van der Waals surface area contributed by atoms with Crippen LogP contribution in [0, 0.1) is 11.8 Å². The van der Waals surface area contributed by atoms with E-state index in [1.54, 1.807) is 38.1 Å². The van der Waals surface area contributed by atoms with Crippen molar-refractivity contribution in [3.63, 3.8) is 0 Å². The molecule has 0 unspecified atom stereocenters. The van der Waals surface area contributed by atoms with Gasteiger partial charge in [-0.05, 0) is 80.0 Å². The number of aliphatic carboxylic acids is 1. The molecule has 0 bridgehead atoms. The number of likely N-dealkylation sites (tertiary alicyclic amines) is 1. The van der Waals surface area contributed by atoms with E-state index >= 15 is 0 Å². The number of carbonyl (C=O) groups is 7. The number of carbonyl (C=O) groups excluding carboxylic acids is 6. The maximum Gasteiger partial charge on any atom is 0.326 e. The van der Waals surface area contributed by atoms with Crippen LogP contribution >= 0.6 is 11.8 Å². The standard InChI is InChI=1S/C45H68N8O8S/c1-28(2)25-34(39(54)48-33(45(60)61)21-24-62-5)49-40(55)35(26-30-15-8-6-9-16-30)51-43(58)38(29(3)4)52-41(56)36(27-31-17-10-7-11-18-31)50-42(57)37-20-14-23-53(37)44(59)32(47)19-12-13-22-46/h6-11,15-18,28-29,32-38H,12-14,19-27,46-47H2,1-5H3,(H,48,54)(H,49,55)(H,50,57)(H,51,58)(H,52,56)(H,60,61)/t32-,33-,34-,35-,36-,37-,38-/m0/s1. The number of carboxylic acids is 1. The Labute approximate surface area is 370 Å². The third-order valence-electron chi connectivity index (χ3n) is 10.8. The van der Waals surface area contributed by atoms with Gasteiger partial charge in [-0.3, -0.25) is 28.8 Å². The Balaban J connectivity index is 1.86. The van der Waals surface area contributed by atoms with Crippen molar-refractivity contribution >= 4 is 53.2 Å². The van der Waals surface area contributed by atoms with Gasteiger partial charge in [0.15, 0.2) is 0 Å². The molecule has 0 aromatic heterocycles. The van der Waals surface area contributed by atoms with Crippen molar-refractivity contribution in [1.82, 2.24) is 31.5 Å². The highest BCUT2D eigenvalue weighted by atomic mass is 32.2. The van der Waals surface area contributed by atoms with Gasteiger partial charge in [-0.15, -0.1) is 0 Å². The number of nitrogens with two attached hydrogens (primary N) is 2. The van der Waals surface area contributed by atoms with Crippen LogP contribution in [0.4, 0.5) is 0 Å². The van der Waals surface area contributed by atoms with Crippen LogP contribution in [-0.4, -0.2) is 119 Å². The van der Waals surface area contributed by atoms with Crippen molar-refractivity contribution < 1.29 is 38.7 Å². The summed E-state index contributed by atoms with van der Waals surface area (Å²) in [6, 6.07) is 10.7. The van der Waals surface area contributed by atoms with Crippen LogP contribution in [0.1, 0.15) is 83.8 Å². The monoisotopic (exact) mass is 880 g/mol. The molecule has 17 heteroatoms. The Morgan fingerprint density at radius 3 is 1.79 bits per heavy atom. The minimum absolute atomic E-state index is 0.0403. The molecule has 3 rings (SSSR count). The van der Waals surface area contributed by atoms with Crippen LogP contribution in [0.15, 0.2) is 60.7 Å². The summed E-state index contributed by atoms with van der Waals surface area (Å²) in [4.78, 5) is 96.8. The average Bonchev–Trinajstić information content (AvgIpc) is 3.74. The van der Waals surface area contributed by atoms with Crippen LogP contribution in [0.2, 0.25) is 0 Å². The lowest BCUT2D eigenvalue weighted by molar-refractivity contribution is -0.142. The molecule has 1 aliphatic heterocycles. The predicted octanol–water partition coefficient (Wildman–Crippen LogP) is 1.88. The summed E-state index contributed by atoms with van der Waals surface area (Å²) < 4.78 is 0. The number of hydrogen-bond acceptors (Lipinski definition) is 10. The largest absolute Gasteiger partial charge is 0.480 e. The minimum Gasteiger partial charge on any atom is -0.480 e. The molecule has 62 heavy (non-hydrogen) atoms. The summed E-state index contributed by atoms with van der Waals surface area (Å²) in [5.74, 6) is -4.70. The normalized spacial score (nSPS) is 16.7. The van der Waals surface area contributed by atoms with E-state index in [-0.39, 0.29) is 37.5 Å². The molecule has 10 N–H and O–H groups in total. The molecule has 6 amide bonds. The Hall–Kier alpha value is -5.00. The van der Waals surface area contributed by atoms with Crippen LogP contribution in [0.5, 0.6) is 0 Å². The van der Waals surface area contributed by atoms with Crippen molar-refractivity contribution in [2.24, 2.45) is 23.3 Å². The average molecular weight is 881 g/mol. The minimum atomic E-state index is -1.20. The number of hydrogen-bond donors (Lipinski definition) is 8. The second-order valence-corrected chi connectivity index (χ2v) is 17.7. The SMILES string of the molecule is CSCC[C@H](NC(=O)[C@H](CC(C)C)NC(=O)[C@H](Cc1ccccc1)NC(=O)[C@@H](NC(=O)[C@H](Cc1ccccc1)NC(=O)[C@@H]1CCCN1C(=O)[C@@H](N)CCCCN)C(C)C)C(=O)O. The van der Waals surface area contributed by atoms with E-state index in [0.717, 1.165) is 12.0 Å². The van der Waals surface area contributed by atoms with E-state index < -0.39 is 83.7 Å². The number of benzene rings is 2. The molecule has 2 aromatic rings. The third kappa shape index (κ3) is 16.7. The van der Waals surface area contributed by atoms with Crippen LogP contribution < -0.4 is 38.1 Å². The predicted molar refractivity (Wildman–Crippen MR) is 240 cm³/mol. The quantitative estimate of drug-likeness (QED) is 0.0634. The summed E-state index contributed by atoms with van der Waals surface area (Å²) in [5, 5.41) is 23.6. The van der Waals surface area contributed by atoms with Crippen molar-refractivity contribution in [3.8, 4) is 0 Å². The first-order chi connectivity index (χ1) is 29.6. The molecule has 7 atom stereocenters. The van der Waals surface area contributed by atoms with Crippen LogP contribution in [-0.2, 0) is 46.4 Å². The van der Waals surface area contributed by atoms with Gasteiger partial charge in [-0.1, -0.05) is 94.8 Å². The van der Waals surface area contributed by atoms with Gasteiger partial charge in [0.1, 0.15) is 36.3 Å². The Kier molecular flexibility index (Phi) is 21.9. The summed E-state index contributed by atoms with van der Waals surface area (Å²) in [7, 11) is 0. The van der Waals surface area contributed by atoms with Crippen LogP contribution in [0.3, 0.4) is 0 Å². The molecule has 342 valence electrons. The zero-order valence-corrected chi connectivity index (χ0v) is 37.6. The summed E-state index contributed by atoms with van der Waals surface area (Å²) in [6.07, 6.45) is 5.18. The van der Waals surface area contributed by atoms with Crippen LogP contribution in [0.25, 0.3) is 0 Å². The first kappa shape index (κ1) is 51.4. The lowest BCUT2D eigenvalue weighted by Crippen LogP contribution is -2.61. The highest BCUT2D eigenvalue weighted by Gasteiger charge is 2.39. The van der Waals surface area contributed by atoms with Gasteiger partial charge in [0.2, 0.25) is 35.4 Å². The van der Waals surface area contributed by atoms with Crippen molar-refractivity contribution in [2.75, 3.05) is 25.1 Å². The molecular weight excluding hydrogens is 813 g/mol. The molecule has 1 fully saturated rings. The number of amides is 6. The maximum absolute atomic E-state index is 14.2. The Morgan fingerprint density at radius 1 is 0.726 bits per heavy atom. The fourth-order valence-corrected chi connectivity index (χ4v) is 7.80. The van der Waals surface area contributed by atoms with E-state index in [2.05, 4.69) is 26.6 Å². The topological polar surface area (TPSA) is 255 Å². The highest BCUT2D eigenvalue weighted by molar-refractivity contribution is 7.98. The first-order valence-electron chi connectivity index (χ1n) is 21.6. The fourth-order valence-electron chi connectivity index (χ4n) is 7.33. The maximum atomic E-state index is 14.2. The van der Waals surface area contributed by atoms with Crippen molar-refractivity contribution in [3.05, 3.63) is 71.8 Å². The highest BCUT2D eigenvalue weighted by Crippen LogP contribution is 2.20. The first-order valence-corrected chi connectivity index (χ1v) is 23.0. The lowest BCUT2D eigenvalue weighted by atomic mass is 9.98. The molecule has 0 aliphatic carbocycles. The fraction of sp³-hybridized carbons (Fsp3) is 0.578. The van der Waals surface area contributed by atoms with Gasteiger partial charge in [0.25, 0.3) is 0 Å². The number of thioether (sulfide) groups is 1. The molecule has 0 saturated carbocycles. The third-order valence-corrected chi connectivity index (χ3v) is 11.4. The molecular formula is C45H68N8O8S. The molecule has 1 saturated heterocycles. The number of carboxylic acid groups (broad SMARTS) is 1. The van der Waals surface area contributed by atoms with Crippen molar-refractivity contribution in [1.29, 1.82) is 0 Å². The van der Waals surface area contributed by atoms with Gasteiger partial charge in [0.05, 0.1) is 6.04 Å². The molecule has 1 aliphatic rings. The van der Waals surface area contributed by atoms with Gasteiger partial charge < -0.3 is 48.1 Å². The molecule has 0 radical (unpaired) electrons. The number of nitrogens with one attached hydrogen (secondary N) is 5. The molecule has 0 spiro atoms. The van der Waals surface area contributed by atoms with Gasteiger partial charge in [-0.2, -0.15) is 11.8 Å². The van der Waals surface area contributed by atoms with Gasteiger partial charge >= 0.3 is 5.97 Å². The molecule has 1 heterocycles. The zero-order chi connectivity index (χ0) is 45.8. The van der Waals surface area contributed by atoms with Crippen molar-refractivity contribution in [2.45, 2.75) is 128 Å². The summed E-state index contributed by atoms with van der Waals surface area (Å²) >= 11 is 1.45. The Bertz CT molecular complexity index is 1770. The van der Waals surface area contributed by atoms with E-state index in [0.29, 0.717) is 50.1 Å². The van der Waals surface area contributed by atoms with E-state index in [4.69, 9.17) is 11.5 Å². The summed E-state index contributed by atoms with van der Waals surface area (Å²) in [5.41, 5.74) is 13.3. The molecule has 2 aromatic carbocycles. The summed E-state index contributed by atoms with van der Waals surface area (Å²) in [6.45, 7) is 8.05. The second-order valence-electron chi connectivity index (χ2n) is 16.7. The number of rotatable bonds is 26. The van der Waals surface area contributed by atoms with E-state index in [1.807, 2.05) is 56.5 Å². The van der Waals surface area contributed by atoms with Gasteiger partial charge in [0, 0.05) is 19.4 Å². The smallest absolute Gasteiger partial charge is 0.326 e. The second kappa shape index (κ2) is 26.5. The number of nitrogens with zero attached hydrogens (tertiary/aromatic N) is 1. The van der Waals surface area contributed by atoms with E-state index in [1.165, 1.54) is 16.7 Å². The Morgan fingerprint density at radius 2 is 1.26 bits per heavy atom. The zero-order valence-electron chi connectivity index (χ0n) is 36.8. The van der Waals surface area contributed by atoms with E-state index in [9.17, 15) is 38.7 Å². The van der Waals surface area contributed by atoms with Gasteiger partial charge in [-0.25, -0.2) is 4.79 Å². The lowest BCUT2D eigenvalue weighted by Gasteiger charge is -2.30. The molecule has 16 nitrogen and oxygen atoms in total. The number of unbranched alkanes of at least 4 members (excludes halogenated alkanes) is 1.